The van der Waals surface area contributed by atoms with Crippen LogP contribution >= 0.6 is 11.9 Å². The summed E-state index contributed by atoms with van der Waals surface area (Å²) in [6.07, 6.45) is 1.39. The monoisotopic (exact) mass is 503 g/mol. The highest BCUT2D eigenvalue weighted by Crippen LogP contribution is 2.26. The fourth-order valence-corrected chi connectivity index (χ4v) is 4.32. The third kappa shape index (κ3) is 10.1. The molecule has 2 aromatic rings. The van der Waals surface area contributed by atoms with Gasteiger partial charge in [-0.2, -0.15) is 0 Å². The molecule has 1 aromatic carbocycles. The molecule has 192 valence electrons. The Balaban J connectivity index is 1.70. The smallest absolute Gasteiger partial charge is 0.254 e. The van der Waals surface area contributed by atoms with E-state index in [9.17, 15) is 14.4 Å². The zero-order valence-electron chi connectivity index (χ0n) is 20.9. The molecule has 10 heteroatoms. The number of furan rings is 1. The third-order valence-corrected chi connectivity index (χ3v) is 6.18. The number of nitrogens with one attached hydrogen (secondary N) is 3. The Bertz CT molecular complexity index is 966. The standard InChI is InChI=1S/C25H37N5O4S/c1-5-11-30(4)35-23-13-21(18(3)34-23)25(33)28-15-20(26)12-17(2)24(32)29-16-22(31)27-14-19-9-7-6-8-10-19/h6-10,13,17,20H,5,11-12,14-16,26H2,1-4H3,(H,27,31)(H,28,33)(H,29,32). The lowest BCUT2D eigenvalue weighted by molar-refractivity contribution is -0.128. The molecule has 1 heterocycles. The van der Waals surface area contributed by atoms with E-state index in [1.54, 1.807) is 19.9 Å². The van der Waals surface area contributed by atoms with Crippen LogP contribution in [0.2, 0.25) is 0 Å². The molecule has 0 fully saturated rings. The van der Waals surface area contributed by atoms with Crippen molar-refractivity contribution in [1.29, 1.82) is 0 Å². The number of benzene rings is 1. The molecule has 0 saturated heterocycles. The number of hydrogen-bond donors (Lipinski definition) is 4. The lowest BCUT2D eigenvalue weighted by atomic mass is 10.0. The summed E-state index contributed by atoms with van der Waals surface area (Å²) in [7, 11) is 1.97. The van der Waals surface area contributed by atoms with Gasteiger partial charge in [-0.1, -0.05) is 44.2 Å². The Kier molecular flexibility index (Phi) is 11.8. The molecule has 0 aliphatic heterocycles. The quantitative estimate of drug-likeness (QED) is 0.291. The molecule has 0 bridgehead atoms. The molecular formula is C25H37N5O4S. The Morgan fingerprint density at radius 2 is 1.86 bits per heavy atom. The van der Waals surface area contributed by atoms with Gasteiger partial charge in [-0.3, -0.25) is 14.4 Å². The second-order valence-electron chi connectivity index (χ2n) is 8.57. The number of hydrogen-bond acceptors (Lipinski definition) is 7. The van der Waals surface area contributed by atoms with Crippen molar-refractivity contribution in [3.05, 3.63) is 53.3 Å². The van der Waals surface area contributed by atoms with Crippen LogP contribution in [0.5, 0.6) is 0 Å². The number of aryl methyl sites for hydroxylation is 1. The summed E-state index contributed by atoms with van der Waals surface area (Å²) in [5, 5.41) is 8.88. The van der Waals surface area contributed by atoms with E-state index in [-0.39, 0.29) is 30.8 Å². The van der Waals surface area contributed by atoms with Crippen LogP contribution < -0.4 is 21.7 Å². The summed E-state index contributed by atoms with van der Waals surface area (Å²) in [5.41, 5.74) is 7.59. The molecule has 0 radical (unpaired) electrons. The minimum Gasteiger partial charge on any atom is -0.453 e. The predicted octanol–water partition coefficient (Wildman–Crippen LogP) is 2.45. The molecule has 0 aliphatic carbocycles. The number of carbonyl (C=O) groups excluding carboxylic acids is 3. The van der Waals surface area contributed by atoms with Crippen molar-refractivity contribution in [2.75, 3.05) is 26.7 Å². The van der Waals surface area contributed by atoms with Crippen LogP contribution in [0.25, 0.3) is 0 Å². The highest BCUT2D eigenvalue weighted by molar-refractivity contribution is 7.96. The molecule has 1 aromatic heterocycles. The van der Waals surface area contributed by atoms with Gasteiger partial charge < -0.3 is 26.1 Å². The van der Waals surface area contributed by atoms with Crippen LogP contribution in [0, 0.1) is 12.8 Å². The lowest BCUT2D eigenvalue weighted by Gasteiger charge is -2.17. The Hall–Kier alpha value is -2.82. The van der Waals surface area contributed by atoms with Gasteiger partial charge in [-0.15, -0.1) is 0 Å². The first-order valence-electron chi connectivity index (χ1n) is 11.8. The van der Waals surface area contributed by atoms with Crippen LogP contribution in [-0.2, 0) is 16.1 Å². The molecule has 2 rings (SSSR count). The van der Waals surface area contributed by atoms with E-state index < -0.39 is 12.0 Å². The highest BCUT2D eigenvalue weighted by Gasteiger charge is 2.20. The first-order chi connectivity index (χ1) is 16.7. The number of nitrogens with two attached hydrogens (primary N) is 1. The summed E-state index contributed by atoms with van der Waals surface area (Å²) in [4.78, 5) is 36.9. The molecule has 0 spiro atoms. The van der Waals surface area contributed by atoms with Crippen molar-refractivity contribution in [3.63, 3.8) is 0 Å². The fourth-order valence-electron chi connectivity index (χ4n) is 3.40. The molecule has 0 aliphatic rings. The molecule has 9 nitrogen and oxygen atoms in total. The van der Waals surface area contributed by atoms with Crippen LogP contribution in [0.4, 0.5) is 0 Å². The van der Waals surface area contributed by atoms with Crippen molar-refractivity contribution < 1.29 is 18.8 Å². The van der Waals surface area contributed by atoms with Gasteiger partial charge in [0.25, 0.3) is 5.91 Å². The highest BCUT2D eigenvalue weighted by atomic mass is 32.2. The average Bonchev–Trinajstić information content (AvgIpc) is 3.20. The van der Waals surface area contributed by atoms with Crippen LogP contribution in [0.15, 0.2) is 45.9 Å². The molecule has 5 N–H and O–H groups in total. The van der Waals surface area contributed by atoms with Gasteiger partial charge >= 0.3 is 0 Å². The maximum absolute atomic E-state index is 12.6. The van der Waals surface area contributed by atoms with Crippen molar-refractivity contribution in [1.82, 2.24) is 20.3 Å². The van der Waals surface area contributed by atoms with Crippen LogP contribution in [0.3, 0.4) is 0 Å². The van der Waals surface area contributed by atoms with Gasteiger partial charge in [-0.05, 0) is 44.3 Å². The molecule has 2 unspecified atom stereocenters. The molecule has 35 heavy (non-hydrogen) atoms. The minimum absolute atomic E-state index is 0.102. The average molecular weight is 504 g/mol. The minimum atomic E-state index is -0.414. The molecule has 0 saturated carbocycles. The van der Waals surface area contributed by atoms with E-state index in [0.717, 1.165) is 18.5 Å². The first kappa shape index (κ1) is 28.4. The van der Waals surface area contributed by atoms with Crippen LogP contribution in [-0.4, -0.2) is 54.8 Å². The Labute approximate surface area is 211 Å². The molecular weight excluding hydrogens is 466 g/mol. The van der Waals surface area contributed by atoms with Crippen molar-refractivity contribution in [2.24, 2.45) is 11.7 Å². The number of amides is 3. The normalized spacial score (nSPS) is 12.7. The second-order valence-corrected chi connectivity index (χ2v) is 9.77. The van der Waals surface area contributed by atoms with E-state index in [4.69, 9.17) is 10.2 Å². The number of rotatable bonds is 14. The zero-order valence-corrected chi connectivity index (χ0v) is 21.7. The number of nitrogens with zero attached hydrogens (tertiary/aromatic N) is 1. The van der Waals surface area contributed by atoms with E-state index in [1.807, 2.05) is 37.4 Å². The first-order valence-corrected chi connectivity index (χ1v) is 12.6. The Morgan fingerprint density at radius 1 is 1.14 bits per heavy atom. The van der Waals surface area contributed by atoms with E-state index in [1.165, 1.54) is 11.9 Å². The Morgan fingerprint density at radius 3 is 2.54 bits per heavy atom. The summed E-state index contributed by atoms with van der Waals surface area (Å²) >= 11 is 1.45. The summed E-state index contributed by atoms with van der Waals surface area (Å²) < 4.78 is 7.74. The third-order valence-electron chi connectivity index (χ3n) is 5.31. The largest absolute Gasteiger partial charge is 0.453 e. The fraction of sp³-hybridized carbons (Fsp3) is 0.480. The van der Waals surface area contributed by atoms with E-state index in [0.29, 0.717) is 29.4 Å². The van der Waals surface area contributed by atoms with Gasteiger partial charge in [0.05, 0.1) is 12.1 Å². The van der Waals surface area contributed by atoms with Crippen molar-refractivity contribution in [3.8, 4) is 0 Å². The molecule has 2 atom stereocenters. The molecule has 3 amide bonds. The van der Waals surface area contributed by atoms with E-state index in [2.05, 4.69) is 27.2 Å². The lowest BCUT2D eigenvalue weighted by Crippen LogP contribution is -2.42. The van der Waals surface area contributed by atoms with Gasteiger partial charge in [0.1, 0.15) is 5.76 Å². The topological polar surface area (TPSA) is 130 Å². The van der Waals surface area contributed by atoms with Gasteiger partial charge in [0.15, 0.2) is 5.09 Å². The van der Waals surface area contributed by atoms with Crippen molar-refractivity contribution >= 4 is 29.7 Å². The van der Waals surface area contributed by atoms with Crippen molar-refractivity contribution in [2.45, 2.75) is 51.3 Å². The SMILES string of the molecule is CCCN(C)Sc1cc(C(=O)NCC(N)CC(C)C(=O)NCC(=O)NCc2ccccc2)c(C)o1. The number of carbonyl (C=O) groups is 3. The second kappa shape index (κ2) is 14.6. The summed E-state index contributed by atoms with van der Waals surface area (Å²) in [5.74, 6) is -0.651. The van der Waals surface area contributed by atoms with E-state index >= 15 is 0 Å². The maximum Gasteiger partial charge on any atom is 0.254 e. The predicted molar refractivity (Wildman–Crippen MR) is 138 cm³/mol. The van der Waals surface area contributed by atoms with Crippen LogP contribution in [0.1, 0.15) is 48.4 Å². The van der Waals surface area contributed by atoms with Gasteiger partial charge in [0, 0.05) is 37.7 Å². The van der Waals surface area contributed by atoms with Gasteiger partial charge in [-0.25, -0.2) is 4.31 Å². The zero-order chi connectivity index (χ0) is 25.8. The summed E-state index contributed by atoms with van der Waals surface area (Å²) in [6.45, 7) is 7.02. The maximum atomic E-state index is 12.6. The summed E-state index contributed by atoms with van der Waals surface area (Å²) in [6, 6.07) is 10.9. The van der Waals surface area contributed by atoms with Gasteiger partial charge in [0.2, 0.25) is 11.8 Å².